The van der Waals surface area contributed by atoms with Crippen LogP contribution in [-0.4, -0.2) is 26.7 Å². The second-order valence-corrected chi connectivity index (χ2v) is 7.00. The number of rotatable bonds is 5. The molecule has 6 nitrogen and oxygen atoms in total. The molecule has 0 fully saturated rings. The maximum Gasteiger partial charge on any atom is 0.292 e. The van der Waals surface area contributed by atoms with Crippen molar-refractivity contribution in [2.45, 2.75) is 5.16 Å². The van der Waals surface area contributed by atoms with Gasteiger partial charge in [-0.3, -0.25) is 4.79 Å². The summed E-state index contributed by atoms with van der Waals surface area (Å²) in [6.45, 7) is 0. The molecule has 0 spiro atoms. The summed E-state index contributed by atoms with van der Waals surface area (Å²) in [7, 11) is 1.92. The van der Waals surface area contributed by atoms with Gasteiger partial charge in [-0.1, -0.05) is 11.8 Å². The first-order chi connectivity index (χ1) is 14.1. The van der Waals surface area contributed by atoms with Crippen molar-refractivity contribution in [1.29, 1.82) is 0 Å². The number of nitrogens with one attached hydrogen (secondary N) is 1. The predicted octanol–water partition coefficient (Wildman–Crippen LogP) is 4.86. The largest absolute Gasteiger partial charge is 0.459 e. The predicted molar refractivity (Wildman–Crippen MR) is 110 cm³/mol. The molecular weight excluding hydrogens is 391 g/mol. The van der Waals surface area contributed by atoms with Gasteiger partial charge < -0.3 is 14.3 Å². The number of aromatic nitrogens is 3. The lowest BCUT2D eigenvalue weighted by molar-refractivity contribution is 0.0996. The normalized spacial score (nSPS) is 10.9. The maximum atomic E-state index is 13.4. The third-order valence-corrected chi connectivity index (χ3v) is 5.10. The zero-order valence-corrected chi connectivity index (χ0v) is 16.5. The second-order valence-electron chi connectivity index (χ2n) is 6.22. The molecule has 4 rings (SSSR count). The molecule has 3 aromatic heterocycles. The maximum absolute atomic E-state index is 13.4. The number of furan rings is 1. The van der Waals surface area contributed by atoms with Crippen LogP contribution in [0.4, 0.5) is 10.2 Å². The van der Waals surface area contributed by atoms with Crippen molar-refractivity contribution in [3.63, 3.8) is 0 Å². The summed E-state index contributed by atoms with van der Waals surface area (Å²) in [5.74, 6) is -0.0911. The van der Waals surface area contributed by atoms with Crippen LogP contribution in [0.2, 0.25) is 0 Å². The van der Waals surface area contributed by atoms with Gasteiger partial charge in [0, 0.05) is 24.4 Å². The lowest BCUT2D eigenvalue weighted by Crippen LogP contribution is -2.12. The van der Waals surface area contributed by atoms with Crippen molar-refractivity contribution < 1.29 is 13.6 Å². The molecule has 1 aromatic carbocycles. The molecule has 3 heterocycles. The number of pyridine rings is 1. The van der Waals surface area contributed by atoms with Gasteiger partial charge in [0.05, 0.1) is 17.7 Å². The number of anilines is 1. The Balaban J connectivity index is 1.75. The Kier molecular flexibility index (Phi) is 5.18. The van der Waals surface area contributed by atoms with Gasteiger partial charge in [-0.2, -0.15) is 0 Å². The summed E-state index contributed by atoms with van der Waals surface area (Å²) in [5.41, 5.74) is 3.20. The first-order valence-electron chi connectivity index (χ1n) is 8.74. The molecule has 0 radical (unpaired) electrons. The van der Waals surface area contributed by atoms with Crippen LogP contribution in [0.3, 0.4) is 0 Å². The number of carbonyl (C=O) groups is 1. The Hall–Kier alpha value is -3.39. The Morgan fingerprint density at radius 3 is 2.66 bits per heavy atom. The summed E-state index contributed by atoms with van der Waals surface area (Å²) in [4.78, 5) is 21.2. The van der Waals surface area contributed by atoms with Gasteiger partial charge in [-0.15, -0.1) is 0 Å². The smallest absolute Gasteiger partial charge is 0.292 e. The Labute approximate surface area is 170 Å². The van der Waals surface area contributed by atoms with E-state index in [2.05, 4.69) is 10.3 Å². The van der Waals surface area contributed by atoms with Crippen LogP contribution in [0.15, 0.2) is 70.6 Å². The number of amides is 1. The van der Waals surface area contributed by atoms with Gasteiger partial charge in [0.25, 0.3) is 5.91 Å². The van der Waals surface area contributed by atoms with Crippen molar-refractivity contribution in [3.8, 4) is 22.5 Å². The van der Waals surface area contributed by atoms with Crippen molar-refractivity contribution >= 4 is 23.5 Å². The van der Waals surface area contributed by atoms with Crippen LogP contribution in [0.25, 0.3) is 22.5 Å². The van der Waals surface area contributed by atoms with Gasteiger partial charge >= 0.3 is 0 Å². The summed E-state index contributed by atoms with van der Waals surface area (Å²) < 4.78 is 20.5. The van der Waals surface area contributed by atoms with Crippen LogP contribution >= 0.6 is 11.8 Å². The number of halogens is 1. The fourth-order valence-corrected chi connectivity index (χ4v) is 3.58. The standard InChI is InChI=1S/C21H17FN4O2S/c1-26-19(18(25-21(26)29-2)13-5-7-15(22)8-6-13)14-9-10-23-17(12-14)24-20(27)16-4-3-11-28-16/h3-12H,1-2H3,(H,23,24,27). The molecule has 0 aliphatic rings. The molecule has 0 saturated heterocycles. The molecule has 0 unspecified atom stereocenters. The molecule has 4 aromatic rings. The highest BCUT2D eigenvalue weighted by atomic mass is 32.2. The second kappa shape index (κ2) is 7.92. The molecule has 0 bridgehead atoms. The van der Waals surface area contributed by atoms with Gasteiger partial charge in [-0.25, -0.2) is 14.4 Å². The van der Waals surface area contributed by atoms with Crippen LogP contribution in [-0.2, 0) is 7.05 Å². The Morgan fingerprint density at radius 2 is 1.97 bits per heavy atom. The molecule has 146 valence electrons. The number of hydrogen-bond donors (Lipinski definition) is 1. The van der Waals surface area contributed by atoms with E-state index in [0.717, 1.165) is 27.7 Å². The Bertz CT molecular complexity index is 1150. The van der Waals surface area contributed by atoms with E-state index in [1.165, 1.54) is 30.2 Å². The third kappa shape index (κ3) is 3.79. The molecule has 0 aliphatic heterocycles. The number of hydrogen-bond acceptors (Lipinski definition) is 5. The zero-order chi connectivity index (χ0) is 20.4. The lowest BCUT2D eigenvalue weighted by Gasteiger charge is -2.09. The van der Waals surface area contributed by atoms with E-state index in [9.17, 15) is 9.18 Å². The van der Waals surface area contributed by atoms with Crippen LogP contribution in [0.5, 0.6) is 0 Å². The molecule has 0 atom stereocenters. The van der Waals surface area contributed by atoms with Crippen molar-refractivity contribution in [3.05, 3.63) is 72.6 Å². The minimum absolute atomic E-state index is 0.203. The van der Waals surface area contributed by atoms with Crippen molar-refractivity contribution in [2.24, 2.45) is 7.05 Å². The fraction of sp³-hybridized carbons (Fsp3) is 0.0952. The van der Waals surface area contributed by atoms with Crippen molar-refractivity contribution in [1.82, 2.24) is 14.5 Å². The Morgan fingerprint density at radius 1 is 1.17 bits per heavy atom. The van der Waals surface area contributed by atoms with E-state index in [4.69, 9.17) is 9.40 Å². The van der Waals surface area contributed by atoms with Crippen molar-refractivity contribution in [2.75, 3.05) is 11.6 Å². The SMILES string of the molecule is CSc1nc(-c2ccc(F)cc2)c(-c2ccnc(NC(=O)c3ccco3)c2)n1C. The number of imidazole rings is 1. The first kappa shape index (κ1) is 18.9. The minimum atomic E-state index is -0.381. The molecule has 0 aliphatic carbocycles. The van der Waals surface area contributed by atoms with E-state index < -0.39 is 0 Å². The summed E-state index contributed by atoms with van der Waals surface area (Å²) in [5, 5.41) is 3.55. The first-order valence-corrected chi connectivity index (χ1v) is 9.97. The molecule has 1 amide bonds. The topological polar surface area (TPSA) is 73.0 Å². The highest BCUT2D eigenvalue weighted by Crippen LogP contribution is 2.35. The quantitative estimate of drug-likeness (QED) is 0.478. The average molecular weight is 408 g/mol. The molecule has 0 saturated carbocycles. The number of thioether (sulfide) groups is 1. The van der Waals surface area contributed by atoms with Crippen LogP contribution < -0.4 is 5.32 Å². The third-order valence-electron chi connectivity index (χ3n) is 4.37. The van der Waals surface area contributed by atoms with Gasteiger partial charge in [-0.05, 0) is 54.8 Å². The monoisotopic (exact) mass is 408 g/mol. The number of carbonyl (C=O) groups excluding carboxylic acids is 1. The number of benzene rings is 1. The molecule has 8 heteroatoms. The molecule has 1 N–H and O–H groups in total. The van der Waals surface area contributed by atoms with Gasteiger partial charge in [0.15, 0.2) is 10.9 Å². The lowest BCUT2D eigenvalue weighted by atomic mass is 10.1. The van der Waals surface area contributed by atoms with E-state index in [-0.39, 0.29) is 17.5 Å². The molecular formula is C21H17FN4O2S. The minimum Gasteiger partial charge on any atom is -0.459 e. The summed E-state index contributed by atoms with van der Waals surface area (Å²) in [6.07, 6.45) is 5.00. The molecule has 29 heavy (non-hydrogen) atoms. The van der Waals surface area contributed by atoms with Crippen LogP contribution in [0.1, 0.15) is 10.6 Å². The van der Waals surface area contributed by atoms with Crippen LogP contribution in [0, 0.1) is 5.82 Å². The highest BCUT2D eigenvalue weighted by molar-refractivity contribution is 7.98. The van der Waals surface area contributed by atoms with Gasteiger partial charge in [0.1, 0.15) is 11.6 Å². The summed E-state index contributed by atoms with van der Waals surface area (Å²) in [6, 6.07) is 13.1. The summed E-state index contributed by atoms with van der Waals surface area (Å²) >= 11 is 1.52. The number of nitrogens with zero attached hydrogens (tertiary/aromatic N) is 3. The van der Waals surface area contributed by atoms with E-state index in [1.54, 1.807) is 36.5 Å². The highest BCUT2D eigenvalue weighted by Gasteiger charge is 2.19. The zero-order valence-electron chi connectivity index (χ0n) is 15.7. The van der Waals surface area contributed by atoms with Gasteiger partial charge in [0.2, 0.25) is 0 Å². The fourth-order valence-electron chi connectivity index (χ4n) is 3.03. The van der Waals surface area contributed by atoms with E-state index >= 15 is 0 Å². The van der Waals surface area contributed by atoms with E-state index in [0.29, 0.717) is 5.82 Å². The van der Waals surface area contributed by atoms with E-state index in [1.807, 2.05) is 23.9 Å². The average Bonchev–Trinajstić information content (AvgIpc) is 3.37.